The third-order valence-corrected chi connectivity index (χ3v) is 6.24. The molecule has 1 unspecified atom stereocenters. The maximum Gasteiger partial charge on any atom is 0.243 e. The molecule has 21 heavy (non-hydrogen) atoms. The summed E-state index contributed by atoms with van der Waals surface area (Å²) in [6.45, 7) is 4.34. The first-order valence-electron chi connectivity index (χ1n) is 7.34. The molecule has 1 saturated heterocycles. The standard InChI is InChI=1S/C15H23ClN2O2S/c1-3-14-12-17(2)8-5-9-18(14)21(19,20)15-7-4-6-13(10-15)11-16/h4,6-7,10,14H,3,5,8-9,11-12H2,1-2H3. The fourth-order valence-corrected chi connectivity index (χ4v) is 4.76. The van der Waals surface area contributed by atoms with Crippen molar-refractivity contribution in [2.24, 2.45) is 0 Å². The quantitative estimate of drug-likeness (QED) is 0.797. The molecule has 118 valence electrons. The van der Waals surface area contributed by atoms with Gasteiger partial charge in [0.25, 0.3) is 0 Å². The molecule has 1 aliphatic heterocycles. The molecule has 1 fully saturated rings. The molecule has 1 aromatic rings. The van der Waals surface area contributed by atoms with Gasteiger partial charge in [0.2, 0.25) is 10.0 Å². The predicted octanol–water partition coefficient (Wildman–Crippen LogP) is 2.53. The minimum Gasteiger partial charge on any atom is -0.305 e. The molecule has 1 atom stereocenters. The van der Waals surface area contributed by atoms with Gasteiger partial charge >= 0.3 is 0 Å². The lowest BCUT2D eigenvalue weighted by Gasteiger charge is -2.29. The number of hydrogen-bond donors (Lipinski definition) is 0. The summed E-state index contributed by atoms with van der Waals surface area (Å²) in [5.41, 5.74) is 0.831. The van der Waals surface area contributed by atoms with Gasteiger partial charge in [-0.15, -0.1) is 11.6 Å². The fourth-order valence-electron chi connectivity index (χ4n) is 2.79. The van der Waals surface area contributed by atoms with E-state index in [1.165, 1.54) is 0 Å². The zero-order chi connectivity index (χ0) is 15.5. The summed E-state index contributed by atoms with van der Waals surface area (Å²) >= 11 is 5.82. The van der Waals surface area contributed by atoms with Crippen molar-refractivity contribution in [2.75, 3.05) is 26.7 Å². The summed E-state index contributed by atoms with van der Waals surface area (Å²) in [5.74, 6) is 0.323. The van der Waals surface area contributed by atoms with Gasteiger partial charge in [-0.25, -0.2) is 8.42 Å². The number of benzene rings is 1. The first-order chi connectivity index (χ1) is 9.98. The average Bonchev–Trinajstić information content (AvgIpc) is 2.68. The number of nitrogens with zero attached hydrogens (tertiary/aromatic N) is 2. The van der Waals surface area contributed by atoms with E-state index in [0.29, 0.717) is 17.3 Å². The monoisotopic (exact) mass is 330 g/mol. The summed E-state index contributed by atoms with van der Waals surface area (Å²) in [6, 6.07) is 6.98. The number of likely N-dealkylation sites (N-methyl/N-ethyl adjacent to an activating group) is 1. The Morgan fingerprint density at radius 1 is 1.33 bits per heavy atom. The lowest BCUT2D eigenvalue weighted by Crippen LogP contribution is -2.43. The molecule has 6 heteroatoms. The van der Waals surface area contributed by atoms with Crippen LogP contribution in [0.3, 0.4) is 0 Å². The van der Waals surface area contributed by atoms with E-state index in [1.54, 1.807) is 22.5 Å². The maximum absolute atomic E-state index is 12.9. The van der Waals surface area contributed by atoms with Crippen molar-refractivity contribution >= 4 is 21.6 Å². The van der Waals surface area contributed by atoms with Crippen LogP contribution in [0.1, 0.15) is 25.3 Å². The van der Waals surface area contributed by atoms with Crippen LogP contribution in [0.15, 0.2) is 29.2 Å². The normalized spacial score (nSPS) is 22.1. The average molecular weight is 331 g/mol. The topological polar surface area (TPSA) is 40.6 Å². The van der Waals surface area contributed by atoms with Gasteiger partial charge in [-0.1, -0.05) is 19.1 Å². The predicted molar refractivity (Wildman–Crippen MR) is 86.1 cm³/mol. The van der Waals surface area contributed by atoms with Crippen LogP contribution in [0, 0.1) is 0 Å². The van der Waals surface area contributed by atoms with Crippen molar-refractivity contribution in [3.8, 4) is 0 Å². The summed E-state index contributed by atoms with van der Waals surface area (Å²) in [6.07, 6.45) is 1.68. The van der Waals surface area contributed by atoms with Crippen molar-refractivity contribution < 1.29 is 8.42 Å². The van der Waals surface area contributed by atoms with E-state index in [0.717, 1.165) is 31.5 Å². The highest BCUT2D eigenvalue weighted by Crippen LogP contribution is 2.23. The summed E-state index contributed by atoms with van der Waals surface area (Å²) in [7, 11) is -1.41. The molecule has 1 aromatic carbocycles. The first-order valence-corrected chi connectivity index (χ1v) is 9.31. The van der Waals surface area contributed by atoms with Gasteiger partial charge in [0.05, 0.1) is 4.90 Å². The Labute approximate surface area is 132 Å². The molecule has 0 amide bonds. The summed E-state index contributed by atoms with van der Waals surface area (Å²) in [4.78, 5) is 2.56. The smallest absolute Gasteiger partial charge is 0.243 e. The Morgan fingerprint density at radius 3 is 2.76 bits per heavy atom. The van der Waals surface area contributed by atoms with Crippen molar-refractivity contribution in [2.45, 2.75) is 36.6 Å². The molecule has 0 bridgehead atoms. The largest absolute Gasteiger partial charge is 0.305 e. The second kappa shape index (κ2) is 7.09. The highest BCUT2D eigenvalue weighted by atomic mass is 35.5. The van der Waals surface area contributed by atoms with Gasteiger partial charge in [-0.05, 0) is 44.1 Å². The van der Waals surface area contributed by atoms with Crippen LogP contribution >= 0.6 is 11.6 Å². The van der Waals surface area contributed by atoms with Gasteiger partial charge in [0.15, 0.2) is 0 Å². The Morgan fingerprint density at radius 2 is 2.10 bits per heavy atom. The van der Waals surface area contributed by atoms with E-state index in [4.69, 9.17) is 11.6 Å². The molecule has 0 aromatic heterocycles. The van der Waals surface area contributed by atoms with Crippen molar-refractivity contribution in [3.05, 3.63) is 29.8 Å². The van der Waals surface area contributed by atoms with Crippen molar-refractivity contribution in [1.29, 1.82) is 0 Å². The third kappa shape index (κ3) is 3.77. The molecular formula is C15H23ClN2O2S. The number of sulfonamides is 1. The van der Waals surface area contributed by atoms with Gasteiger partial charge in [-0.3, -0.25) is 0 Å². The maximum atomic E-state index is 12.9. The lowest BCUT2D eigenvalue weighted by molar-refractivity contribution is 0.270. The molecule has 0 aliphatic carbocycles. The van der Waals surface area contributed by atoms with Gasteiger partial charge < -0.3 is 4.90 Å². The Balaban J connectivity index is 2.35. The summed E-state index contributed by atoms with van der Waals surface area (Å²) in [5, 5.41) is 0. The second-order valence-corrected chi connectivity index (χ2v) is 7.73. The fraction of sp³-hybridized carbons (Fsp3) is 0.600. The number of rotatable bonds is 4. The Bertz CT molecular complexity index is 577. The Kier molecular flexibility index (Phi) is 5.66. The van der Waals surface area contributed by atoms with Crippen LogP contribution in [-0.2, 0) is 15.9 Å². The highest BCUT2D eigenvalue weighted by Gasteiger charge is 2.32. The molecule has 2 rings (SSSR count). The van der Waals surface area contributed by atoms with Gasteiger partial charge in [0, 0.05) is 25.0 Å². The highest BCUT2D eigenvalue weighted by molar-refractivity contribution is 7.89. The van der Waals surface area contributed by atoms with Crippen LogP contribution in [-0.4, -0.2) is 50.3 Å². The molecule has 1 heterocycles. The van der Waals surface area contributed by atoms with E-state index < -0.39 is 10.0 Å². The second-order valence-electron chi connectivity index (χ2n) is 5.57. The van der Waals surface area contributed by atoms with Crippen LogP contribution in [0.2, 0.25) is 0 Å². The molecule has 4 nitrogen and oxygen atoms in total. The molecule has 0 saturated carbocycles. The molecular weight excluding hydrogens is 308 g/mol. The molecule has 1 aliphatic rings. The van der Waals surface area contributed by atoms with Crippen LogP contribution in [0.25, 0.3) is 0 Å². The van der Waals surface area contributed by atoms with Crippen molar-refractivity contribution in [1.82, 2.24) is 9.21 Å². The number of alkyl halides is 1. The third-order valence-electron chi connectivity index (χ3n) is 3.98. The van der Waals surface area contributed by atoms with Crippen LogP contribution in [0.4, 0.5) is 0 Å². The zero-order valence-electron chi connectivity index (χ0n) is 12.6. The van der Waals surface area contributed by atoms with E-state index in [9.17, 15) is 8.42 Å². The van der Waals surface area contributed by atoms with Crippen LogP contribution < -0.4 is 0 Å². The SMILES string of the molecule is CCC1CN(C)CCCN1S(=O)(=O)c1cccc(CCl)c1. The zero-order valence-corrected chi connectivity index (χ0v) is 14.2. The number of hydrogen-bond acceptors (Lipinski definition) is 3. The van der Waals surface area contributed by atoms with E-state index in [-0.39, 0.29) is 6.04 Å². The van der Waals surface area contributed by atoms with Gasteiger partial charge in [0.1, 0.15) is 0 Å². The lowest BCUT2D eigenvalue weighted by atomic mass is 10.2. The first kappa shape index (κ1) is 16.7. The molecule has 0 N–H and O–H groups in total. The number of halogens is 1. The van der Waals surface area contributed by atoms with E-state index in [2.05, 4.69) is 4.90 Å². The summed E-state index contributed by atoms with van der Waals surface area (Å²) < 4.78 is 27.6. The van der Waals surface area contributed by atoms with Gasteiger partial charge in [-0.2, -0.15) is 4.31 Å². The molecule has 0 radical (unpaired) electrons. The Hall–Kier alpha value is -0.620. The van der Waals surface area contributed by atoms with Crippen LogP contribution in [0.5, 0.6) is 0 Å². The minimum atomic E-state index is -3.45. The molecule has 0 spiro atoms. The van der Waals surface area contributed by atoms with Crippen molar-refractivity contribution in [3.63, 3.8) is 0 Å². The van der Waals surface area contributed by atoms with E-state index >= 15 is 0 Å². The minimum absolute atomic E-state index is 0.0298. The van der Waals surface area contributed by atoms with E-state index in [1.807, 2.05) is 20.0 Å².